The van der Waals surface area contributed by atoms with E-state index in [-0.39, 0.29) is 0 Å². The monoisotopic (exact) mass is 254 g/mol. The Balaban J connectivity index is 2.35. The SMILES string of the molecule is CCCn1ncc(Cl)c1C(O)c1ccc(C)o1. The molecule has 4 nitrogen and oxygen atoms in total. The van der Waals surface area contributed by atoms with Crippen molar-refractivity contribution in [1.29, 1.82) is 0 Å². The fourth-order valence-electron chi connectivity index (χ4n) is 1.77. The molecule has 2 aromatic rings. The van der Waals surface area contributed by atoms with Crippen molar-refractivity contribution in [2.75, 3.05) is 0 Å². The number of aliphatic hydroxyl groups excluding tert-OH is 1. The maximum atomic E-state index is 10.2. The maximum Gasteiger partial charge on any atom is 0.155 e. The van der Waals surface area contributed by atoms with E-state index in [1.807, 2.05) is 19.9 Å². The van der Waals surface area contributed by atoms with Crippen molar-refractivity contribution < 1.29 is 9.52 Å². The highest BCUT2D eigenvalue weighted by Gasteiger charge is 2.22. The van der Waals surface area contributed by atoms with Crippen molar-refractivity contribution >= 4 is 11.6 Å². The third kappa shape index (κ3) is 2.37. The van der Waals surface area contributed by atoms with Gasteiger partial charge in [0, 0.05) is 6.54 Å². The second-order valence-electron chi connectivity index (χ2n) is 3.95. The summed E-state index contributed by atoms with van der Waals surface area (Å²) in [6, 6.07) is 3.56. The minimum atomic E-state index is -0.870. The lowest BCUT2D eigenvalue weighted by atomic mass is 10.2. The average Bonchev–Trinajstić information content (AvgIpc) is 2.86. The molecule has 0 amide bonds. The molecule has 1 N–H and O–H groups in total. The number of aliphatic hydroxyl groups is 1. The molecule has 92 valence electrons. The molecule has 17 heavy (non-hydrogen) atoms. The van der Waals surface area contributed by atoms with E-state index < -0.39 is 6.10 Å². The van der Waals surface area contributed by atoms with Crippen molar-refractivity contribution in [1.82, 2.24) is 9.78 Å². The van der Waals surface area contributed by atoms with Crippen LogP contribution >= 0.6 is 11.6 Å². The minimum Gasteiger partial charge on any atom is -0.463 e. The average molecular weight is 255 g/mol. The zero-order chi connectivity index (χ0) is 12.4. The summed E-state index contributed by atoms with van der Waals surface area (Å²) < 4.78 is 7.12. The lowest BCUT2D eigenvalue weighted by molar-refractivity contribution is 0.176. The van der Waals surface area contributed by atoms with E-state index in [4.69, 9.17) is 16.0 Å². The first-order chi connectivity index (χ1) is 8.13. The maximum absolute atomic E-state index is 10.2. The smallest absolute Gasteiger partial charge is 0.155 e. The van der Waals surface area contributed by atoms with Crippen molar-refractivity contribution in [3.63, 3.8) is 0 Å². The Morgan fingerprint density at radius 1 is 1.53 bits per heavy atom. The van der Waals surface area contributed by atoms with E-state index in [9.17, 15) is 5.11 Å². The zero-order valence-corrected chi connectivity index (χ0v) is 10.6. The van der Waals surface area contributed by atoms with Gasteiger partial charge in [-0.3, -0.25) is 4.68 Å². The predicted molar refractivity (Wildman–Crippen MR) is 65.0 cm³/mol. The van der Waals surface area contributed by atoms with Crippen molar-refractivity contribution in [2.24, 2.45) is 0 Å². The fourth-order valence-corrected chi connectivity index (χ4v) is 2.01. The molecule has 0 spiro atoms. The summed E-state index contributed by atoms with van der Waals surface area (Å²) in [6.45, 7) is 4.60. The number of furan rings is 1. The lowest BCUT2D eigenvalue weighted by Crippen LogP contribution is -2.10. The van der Waals surface area contributed by atoms with Gasteiger partial charge < -0.3 is 9.52 Å². The normalized spacial score (nSPS) is 12.9. The van der Waals surface area contributed by atoms with Gasteiger partial charge in [-0.05, 0) is 25.5 Å². The van der Waals surface area contributed by atoms with Crippen LogP contribution in [-0.4, -0.2) is 14.9 Å². The van der Waals surface area contributed by atoms with Gasteiger partial charge in [-0.25, -0.2) is 0 Å². The van der Waals surface area contributed by atoms with E-state index in [2.05, 4.69) is 5.10 Å². The van der Waals surface area contributed by atoms with Crippen LogP contribution in [0.2, 0.25) is 5.02 Å². The molecule has 0 bridgehead atoms. The Bertz CT molecular complexity index is 504. The first kappa shape index (κ1) is 12.2. The molecule has 5 heteroatoms. The number of nitrogens with zero attached hydrogens (tertiary/aromatic N) is 2. The lowest BCUT2D eigenvalue weighted by Gasteiger charge is -2.11. The highest BCUT2D eigenvalue weighted by molar-refractivity contribution is 6.31. The van der Waals surface area contributed by atoms with Crippen LogP contribution in [0.15, 0.2) is 22.7 Å². The summed E-state index contributed by atoms with van der Waals surface area (Å²) in [5.74, 6) is 1.25. The van der Waals surface area contributed by atoms with Gasteiger partial charge in [0.2, 0.25) is 0 Å². The molecular weight excluding hydrogens is 240 g/mol. The molecule has 0 aliphatic carbocycles. The summed E-state index contributed by atoms with van der Waals surface area (Å²) in [7, 11) is 0. The molecule has 1 atom stereocenters. The van der Waals surface area contributed by atoms with E-state index in [1.54, 1.807) is 16.9 Å². The van der Waals surface area contributed by atoms with Gasteiger partial charge in [0.25, 0.3) is 0 Å². The van der Waals surface area contributed by atoms with Crippen molar-refractivity contribution in [3.05, 3.63) is 40.6 Å². The van der Waals surface area contributed by atoms with Crippen LogP contribution in [0.1, 0.15) is 36.7 Å². The topological polar surface area (TPSA) is 51.2 Å². The summed E-state index contributed by atoms with van der Waals surface area (Å²) in [5, 5.41) is 14.8. The Kier molecular flexibility index (Phi) is 3.54. The predicted octanol–water partition coefficient (Wildman–Crippen LogP) is 2.93. The number of aromatic nitrogens is 2. The van der Waals surface area contributed by atoms with Crippen LogP contribution in [0.3, 0.4) is 0 Å². The number of halogens is 1. The van der Waals surface area contributed by atoms with Crippen LogP contribution in [0.25, 0.3) is 0 Å². The molecule has 0 aliphatic rings. The molecule has 0 fully saturated rings. The summed E-state index contributed by atoms with van der Waals surface area (Å²) in [5.41, 5.74) is 0.586. The summed E-state index contributed by atoms with van der Waals surface area (Å²) >= 11 is 6.05. The Hall–Kier alpha value is -1.26. The number of rotatable bonds is 4. The summed E-state index contributed by atoms with van der Waals surface area (Å²) in [4.78, 5) is 0. The molecule has 0 saturated heterocycles. The van der Waals surface area contributed by atoms with Gasteiger partial charge in [-0.1, -0.05) is 18.5 Å². The zero-order valence-electron chi connectivity index (χ0n) is 9.85. The largest absolute Gasteiger partial charge is 0.463 e. The first-order valence-electron chi connectivity index (χ1n) is 5.59. The third-order valence-electron chi connectivity index (χ3n) is 2.56. The fraction of sp³-hybridized carbons (Fsp3) is 0.417. The molecule has 0 aromatic carbocycles. The standard InChI is InChI=1S/C12H15ClN2O2/c1-3-6-15-11(9(13)7-14-15)12(16)10-5-4-8(2)17-10/h4-5,7,12,16H,3,6H2,1-2H3. The molecule has 2 heterocycles. The van der Waals surface area contributed by atoms with Crippen molar-refractivity contribution in [2.45, 2.75) is 32.9 Å². The third-order valence-corrected chi connectivity index (χ3v) is 2.85. The molecule has 2 rings (SSSR count). The second kappa shape index (κ2) is 4.94. The first-order valence-corrected chi connectivity index (χ1v) is 5.97. The highest BCUT2D eigenvalue weighted by Crippen LogP contribution is 2.29. The minimum absolute atomic E-state index is 0.458. The molecule has 0 aliphatic heterocycles. The molecule has 0 saturated carbocycles. The van der Waals surface area contributed by atoms with Crippen molar-refractivity contribution in [3.8, 4) is 0 Å². The second-order valence-corrected chi connectivity index (χ2v) is 4.36. The van der Waals surface area contributed by atoms with Crippen LogP contribution in [0, 0.1) is 6.92 Å². The van der Waals surface area contributed by atoms with E-state index in [1.165, 1.54) is 0 Å². The molecule has 1 unspecified atom stereocenters. The van der Waals surface area contributed by atoms with E-state index in [0.29, 0.717) is 16.5 Å². The van der Waals surface area contributed by atoms with Crippen LogP contribution in [0.4, 0.5) is 0 Å². The molecular formula is C12H15ClN2O2. The van der Waals surface area contributed by atoms with Gasteiger partial charge in [0.15, 0.2) is 6.10 Å². The van der Waals surface area contributed by atoms with Crippen LogP contribution in [0.5, 0.6) is 0 Å². The van der Waals surface area contributed by atoms with Gasteiger partial charge in [0.1, 0.15) is 11.5 Å². The number of hydrogen-bond acceptors (Lipinski definition) is 3. The quantitative estimate of drug-likeness (QED) is 0.913. The number of aryl methyl sites for hydroxylation is 2. The Morgan fingerprint density at radius 3 is 2.88 bits per heavy atom. The van der Waals surface area contributed by atoms with Crippen LogP contribution < -0.4 is 0 Å². The Morgan fingerprint density at radius 2 is 2.29 bits per heavy atom. The highest BCUT2D eigenvalue weighted by atomic mass is 35.5. The van der Waals surface area contributed by atoms with E-state index >= 15 is 0 Å². The van der Waals surface area contributed by atoms with Gasteiger partial charge in [-0.15, -0.1) is 0 Å². The number of hydrogen-bond donors (Lipinski definition) is 1. The van der Waals surface area contributed by atoms with Gasteiger partial charge in [-0.2, -0.15) is 5.10 Å². The van der Waals surface area contributed by atoms with E-state index in [0.717, 1.165) is 18.7 Å². The van der Waals surface area contributed by atoms with Gasteiger partial charge >= 0.3 is 0 Å². The Labute approximate surface area is 105 Å². The molecule has 0 radical (unpaired) electrons. The van der Waals surface area contributed by atoms with Crippen LogP contribution in [-0.2, 0) is 6.54 Å². The van der Waals surface area contributed by atoms with Gasteiger partial charge in [0.05, 0.1) is 16.9 Å². The molecule has 2 aromatic heterocycles. The summed E-state index contributed by atoms with van der Waals surface area (Å²) in [6.07, 6.45) is 1.60.